The van der Waals surface area contributed by atoms with Crippen LogP contribution < -0.4 is 0 Å². The summed E-state index contributed by atoms with van der Waals surface area (Å²) in [4.78, 5) is 11.6. The molecular weight excluding hydrogens is 263 g/mol. The lowest BCUT2D eigenvalue weighted by molar-refractivity contribution is 0.0990. The Kier molecular flexibility index (Phi) is 4.63. The van der Waals surface area contributed by atoms with Crippen LogP contribution in [-0.2, 0) is 6.42 Å². The summed E-state index contributed by atoms with van der Waals surface area (Å²) in [5.74, 6) is 0.138. The molecule has 0 aliphatic rings. The van der Waals surface area contributed by atoms with Crippen molar-refractivity contribution < 1.29 is 4.79 Å². The van der Waals surface area contributed by atoms with E-state index < -0.39 is 0 Å². The van der Waals surface area contributed by atoms with Crippen molar-refractivity contribution in [3.05, 3.63) is 34.3 Å². The number of aryl methyl sites for hydroxylation is 1. The average Bonchev–Trinajstić information content (AvgIpc) is 2.17. The van der Waals surface area contributed by atoms with Gasteiger partial charge in [0.15, 0.2) is 5.78 Å². The van der Waals surface area contributed by atoms with E-state index in [1.807, 2.05) is 19.1 Å². The maximum atomic E-state index is 11.6. The van der Waals surface area contributed by atoms with E-state index in [2.05, 4.69) is 15.9 Å². The van der Waals surface area contributed by atoms with Crippen molar-refractivity contribution in [2.75, 3.05) is 5.33 Å². The topological polar surface area (TPSA) is 17.1 Å². The molecule has 1 rings (SSSR count). The molecule has 3 heteroatoms. The number of Topliss-reactive ketones (excluding diaryl/α,β-unsaturated/α-hetero) is 1. The second kappa shape index (κ2) is 5.52. The quantitative estimate of drug-likeness (QED) is 0.602. The zero-order valence-corrected chi connectivity index (χ0v) is 10.4. The molecule has 0 unspecified atom stereocenters. The number of halogens is 2. The lowest BCUT2D eigenvalue weighted by Gasteiger charge is -2.03. The molecule has 0 amide bonds. The fourth-order valence-corrected chi connectivity index (χ4v) is 1.86. The van der Waals surface area contributed by atoms with Crippen LogP contribution in [0, 0.1) is 0 Å². The van der Waals surface area contributed by atoms with Crippen LogP contribution in [0.1, 0.15) is 29.3 Å². The Morgan fingerprint density at radius 1 is 1.43 bits per heavy atom. The number of carbonyl (C=O) groups is 1. The first-order valence-corrected chi connectivity index (χ1v) is 6.06. The third-order valence-corrected chi connectivity index (χ3v) is 2.62. The van der Waals surface area contributed by atoms with E-state index in [0.29, 0.717) is 22.3 Å². The van der Waals surface area contributed by atoms with Gasteiger partial charge in [-0.15, -0.1) is 0 Å². The molecule has 0 spiro atoms. The lowest BCUT2D eigenvalue weighted by atomic mass is 10.0. The van der Waals surface area contributed by atoms with Gasteiger partial charge < -0.3 is 0 Å². The molecule has 76 valence electrons. The van der Waals surface area contributed by atoms with Crippen molar-refractivity contribution in [2.45, 2.75) is 19.8 Å². The van der Waals surface area contributed by atoms with Gasteiger partial charge in [0.1, 0.15) is 0 Å². The first kappa shape index (κ1) is 11.7. The Balaban J connectivity index is 2.96. The maximum absolute atomic E-state index is 11.6. The van der Waals surface area contributed by atoms with Crippen LogP contribution in [0.15, 0.2) is 18.2 Å². The van der Waals surface area contributed by atoms with Gasteiger partial charge in [0, 0.05) is 22.3 Å². The number of carbonyl (C=O) groups excluding carboxylic acids is 1. The largest absolute Gasteiger partial charge is 0.294 e. The Hall–Kier alpha value is -0.340. The molecule has 0 saturated carbocycles. The second-order valence-electron chi connectivity index (χ2n) is 3.06. The molecule has 0 heterocycles. The van der Waals surface area contributed by atoms with Gasteiger partial charge in [-0.05, 0) is 30.2 Å². The van der Waals surface area contributed by atoms with Gasteiger partial charge >= 0.3 is 0 Å². The smallest absolute Gasteiger partial charge is 0.163 e. The molecule has 0 radical (unpaired) electrons. The molecule has 0 atom stereocenters. The van der Waals surface area contributed by atoms with Gasteiger partial charge in [-0.3, -0.25) is 4.79 Å². The normalized spacial score (nSPS) is 10.2. The van der Waals surface area contributed by atoms with Gasteiger partial charge in [0.2, 0.25) is 0 Å². The highest BCUT2D eigenvalue weighted by Gasteiger charge is 2.06. The predicted octanol–water partition coefficient (Wildman–Crippen LogP) is 3.87. The van der Waals surface area contributed by atoms with Crippen LogP contribution >= 0.6 is 27.5 Å². The number of hydrogen-bond donors (Lipinski definition) is 0. The highest BCUT2D eigenvalue weighted by Crippen LogP contribution is 2.17. The number of hydrogen-bond acceptors (Lipinski definition) is 1. The highest BCUT2D eigenvalue weighted by molar-refractivity contribution is 9.09. The van der Waals surface area contributed by atoms with E-state index in [4.69, 9.17) is 11.6 Å². The fraction of sp³-hybridized carbons (Fsp3) is 0.364. The van der Waals surface area contributed by atoms with E-state index in [1.165, 1.54) is 0 Å². The Morgan fingerprint density at radius 3 is 2.71 bits per heavy atom. The number of alkyl halides is 1. The van der Waals surface area contributed by atoms with Crippen molar-refractivity contribution in [2.24, 2.45) is 0 Å². The molecule has 0 fully saturated rings. The summed E-state index contributed by atoms with van der Waals surface area (Å²) in [6.07, 6.45) is 1.42. The van der Waals surface area contributed by atoms with Crippen molar-refractivity contribution >= 4 is 33.3 Å². The summed E-state index contributed by atoms with van der Waals surface area (Å²) < 4.78 is 0. The molecule has 1 nitrogen and oxygen atoms in total. The maximum Gasteiger partial charge on any atom is 0.163 e. The minimum atomic E-state index is 0.138. The minimum Gasteiger partial charge on any atom is -0.294 e. The summed E-state index contributed by atoms with van der Waals surface area (Å²) in [6, 6.07) is 5.54. The monoisotopic (exact) mass is 274 g/mol. The van der Waals surface area contributed by atoms with Crippen molar-refractivity contribution in [3.63, 3.8) is 0 Å². The average molecular weight is 276 g/mol. The van der Waals surface area contributed by atoms with E-state index >= 15 is 0 Å². The molecular formula is C11H12BrClO. The van der Waals surface area contributed by atoms with Crippen LogP contribution in [-0.4, -0.2) is 11.1 Å². The molecule has 0 bridgehead atoms. The number of rotatable bonds is 4. The zero-order chi connectivity index (χ0) is 10.6. The SMILES string of the molecule is CCc1cc(Cl)cc(C(=O)CCBr)c1. The third kappa shape index (κ3) is 3.10. The van der Waals surface area contributed by atoms with Crippen molar-refractivity contribution in [1.29, 1.82) is 0 Å². The van der Waals surface area contributed by atoms with Crippen LogP contribution in [0.3, 0.4) is 0 Å². The molecule has 0 aromatic heterocycles. The molecule has 0 aliphatic heterocycles. The molecule has 1 aromatic carbocycles. The van der Waals surface area contributed by atoms with E-state index in [1.54, 1.807) is 6.07 Å². The Bertz CT molecular complexity index is 336. The molecule has 1 aromatic rings. The Labute approximate surface area is 97.6 Å². The molecule has 0 saturated heterocycles. The number of ketones is 1. The summed E-state index contributed by atoms with van der Waals surface area (Å²) in [7, 11) is 0. The van der Waals surface area contributed by atoms with Gasteiger partial charge in [-0.2, -0.15) is 0 Å². The van der Waals surface area contributed by atoms with Gasteiger partial charge in [0.25, 0.3) is 0 Å². The van der Waals surface area contributed by atoms with E-state index in [0.717, 1.165) is 12.0 Å². The van der Waals surface area contributed by atoms with Gasteiger partial charge in [-0.1, -0.05) is 34.5 Å². The van der Waals surface area contributed by atoms with Crippen molar-refractivity contribution in [3.8, 4) is 0 Å². The second-order valence-corrected chi connectivity index (χ2v) is 4.29. The molecule has 0 aliphatic carbocycles. The summed E-state index contributed by atoms with van der Waals surface area (Å²) >= 11 is 9.16. The summed E-state index contributed by atoms with van der Waals surface area (Å²) in [5.41, 5.74) is 1.82. The van der Waals surface area contributed by atoms with Crippen LogP contribution in [0.5, 0.6) is 0 Å². The fourth-order valence-electron chi connectivity index (χ4n) is 1.25. The van der Waals surface area contributed by atoms with E-state index in [-0.39, 0.29) is 5.78 Å². The molecule has 14 heavy (non-hydrogen) atoms. The lowest BCUT2D eigenvalue weighted by Crippen LogP contribution is -2.00. The van der Waals surface area contributed by atoms with Crippen LogP contribution in [0.4, 0.5) is 0 Å². The van der Waals surface area contributed by atoms with Crippen LogP contribution in [0.2, 0.25) is 5.02 Å². The first-order valence-electron chi connectivity index (χ1n) is 4.56. The van der Waals surface area contributed by atoms with E-state index in [9.17, 15) is 4.79 Å². The summed E-state index contributed by atoms with van der Waals surface area (Å²) in [5, 5.41) is 1.34. The van der Waals surface area contributed by atoms with Gasteiger partial charge in [0.05, 0.1) is 0 Å². The number of benzene rings is 1. The first-order chi connectivity index (χ1) is 6.67. The molecule has 0 N–H and O–H groups in total. The summed E-state index contributed by atoms with van der Waals surface area (Å²) in [6.45, 7) is 2.05. The minimum absolute atomic E-state index is 0.138. The standard InChI is InChI=1S/C11H12BrClO/c1-2-8-5-9(7-10(13)6-8)11(14)3-4-12/h5-7H,2-4H2,1H3. The van der Waals surface area contributed by atoms with Crippen LogP contribution in [0.25, 0.3) is 0 Å². The third-order valence-electron chi connectivity index (χ3n) is 2.01. The predicted molar refractivity (Wildman–Crippen MR) is 63.6 cm³/mol. The van der Waals surface area contributed by atoms with Crippen molar-refractivity contribution in [1.82, 2.24) is 0 Å². The zero-order valence-electron chi connectivity index (χ0n) is 8.02. The van der Waals surface area contributed by atoms with Gasteiger partial charge in [-0.25, -0.2) is 0 Å². The highest BCUT2D eigenvalue weighted by atomic mass is 79.9. The Morgan fingerprint density at radius 2 is 2.14 bits per heavy atom.